The van der Waals surface area contributed by atoms with Gasteiger partial charge in [0.2, 0.25) is 26.1 Å². The quantitative estimate of drug-likeness (QED) is 0.291. The number of alkyl halides is 2. The highest BCUT2D eigenvalue weighted by Gasteiger charge is 2.46. The Hall–Kier alpha value is -3.19. The van der Waals surface area contributed by atoms with Gasteiger partial charge in [0, 0.05) is 56.1 Å². The van der Waals surface area contributed by atoms with Gasteiger partial charge in [-0.15, -0.1) is 0 Å². The fourth-order valence-corrected chi connectivity index (χ4v) is 6.27. The third kappa shape index (κ3) is 7.20. The number of carbonyl (C=O) groups excluding carboxylic acids is 4. The number of halogens is 2. The third-order valence-electron chi connectivity index (χ3n) is 8.64. The summed E-state index contributed by atoms with van der Waals surface area (Å²) in [6.45, 7) is 6.00. The second-order valence-corrected chi connectivity index (χ2v) is 12.7. The Balaban J connectivity index is 1.55. The van der Waals surface area contributed by atoms with Crippen LogP contribution < -0.4 is 5.32 Å². The molecule has 0 saturated carbocycles. The molecule has 3 atom stereocenters. The van der Waals surface area contributed by atoms with E-state index in [4.69, 9.17) is 9.79 Å². The standard InChI is InChI=1S/C29H41F2N6O6P/c1-5-34(3)12-6-13-35(4)28(41)25-10-8-21-11-14-36(18(2)38)17-24(27(40)37(21)25)33-26(39)23-16-19-15-20(7-9-22(19)32-23)29(30,31)44(42)43/h7,9,15-16,21,24-25,32,42-43H,5-6,8,10-14,17H2,1-4H3,(H,33,39)/t21-,24+,25+/m1/s1. The molecular formula is C29H41F2N6O6P. The maximum Gasteiger partial charge on any atom is 0.339 e. The van der Waals surface area contributed by atoms with E-state index in [0.29, 0.717) is 37.9 Å². The van der Waals surface area contributed by atoms with Crippen molar-refractivity contribution >= 4 is 42.9 Å². The summed E-state index contributed by atoms with van der Waals surface area (Å²) in [7, 11) is 0.175. The molecule has 2 saturated heterocycles. The smallest absolute Gasteiger partial charge is 0.339 e. The van der Waals surface area contributed by atoms with Crippen LogP contribution >= 0.6 is 8.38 Å². The lowest BCUT2D eigenvalue weighted by Gasteiger charge is -2.39. The summed E-state index contributed by atoms with van der Waals surface area (Å²) in [5, 5.41) is 2.94. The molecule has 2 aliphatic heterocycles. The predicted molar refractivity (Wildman–Crippen MR) is 161 cm³/mol. The van der Waals surface area contributed by atoms with Gasteiger partial charge in [0.05, 0.1) is 0 Å². The first-order chi connectivity index (χ1) is 20.7. The predicted octanol–water partition coefficient (Wildman–Crippen LogP) is 2.02. The van der Waals surface area contributed by atoms with Crippen molar-refractivity contribution in [1.82, 2.24) is 29.9 Å². The lowest BCUT2D eigenvalue weighted by atomic mass is 10.1. The minimum atomic E-state index is -3.86. The molecule has 0 unspecified atom stereocenters. The van der Waals surface area contributed by atoms with Crippen molar-refractivity contribution < 1.29 is 37.7 Å². The number of aromatic amines is 1. The van der Waals surface area contributed by atoms with Crippen molar-refractivity contribution in [3.05, 3.63) is 35.5 Å². The number of aromatic nitrogens is 1. The molecule has 4 N–H and O–H groups in total. The Morgan fingerprint density at radius 2 is 1.86 bits per heavy atom. The maximum absolute atomic E-state index is 14.2. The second-order valence-electron chi connectivity index (χ2n) is 11.6. The molecule has 0 aliphatic carbocycles. The van der Waals surface area contributed by atoms with Gasteiger partial charge < -0.3 is 39.7 Å². The molecular weight excluding hydrogens is 597 g/mol. The van der Waals surface area contributed by atoms with E-state index < -0.39 is 43.5 Å². The first kappa shape index (κ1) is 33.7. The summed E-state index contributed by atoms with van der Waals surface area (Å²) in [5.41, 5.74) is -4.13. The number of rotatable bonds is 10. The van der Waals surface area contributed by atoms with E-state index in [9.17, 15) is 28.0 Å². The number of H-pyrrole nitrogens is 1. The number of fused-ring (bicyclic) bond motifs is 2. The van der Waals surface area contributed by atoms with Gasteiger partial charge in [0.1, 0.15) is 17.8 Å². The van der Waals surface area contributed by atoms with Crippen LogP contribution in [0.15, 0.2) is 24.3 Å². The highest BCUT2D eigenvalue weighted by Crippen LogP contribution is 2.52. The Kier molecular flexibility index (Phi) is 10.6. The summed E-state index contributed by atoms with van der Waals surface area (Å²) in [6.07, 6.45) is 2.38. The van der Waals surface area contributed by atoms with E-state index >= 15 is 0 Å². The zero-order chi connectivity index (χ0) is 32.3. The Labute approximate surface area is 256 Å². The van der Waals surface area contributed by atoms with Gasteiger partial charge in [0.25, 0.3) is 5.91 Å². The number of benzene rings is 1. The van der Waals surface area contributed by atoms with Gasteiger partial charge in [-0.05, 0) is 64.0 Å². The summed E-state index contributed by atoms with van der Waals surface area (Å²) < 4.78 is 28.4. The number of amides is 4. The SMILES string of the molecule is CCN(C)CCCN(C)C(=O)[C@@H]1CC[C@@H]2CCN(C(C)=O)C[C@H](NC(=O)c3cc4cc(C(F)(F)P(O)O)ccc4[nH]3)C(=O)N21. The molecule has 242 valence electrons. The van der Waals surface area contributed by atoms with Crippen molar-refractivity contribution in [3.63, 3.8) is 0 Å². The molecule has 44 heavy (non-hydrogen) atoms. The average molecular weight is 639 g/mol. The molecule has 3 heterocycles. The van der Waals surface area contributed by atoms with Crippen molar-refractivity contribution in [2.45, 2.75) is 63.3 Å². The van der Waals surface area contributed by atoms with Crippen LogP contribution in [0.5, 0.6) is 0 Å². The van der Waals surface area contributed by atoms with Gasteiger partial charge in [-0.1, -0.05) is 13.0 Å². The highest BCUT2D eigenvalue weighted by atomic mass is 31.2. The highest BCUT2D eigenvalue weighted by molar-refractivity contribution is 7.46. The Morgan fingerprint density at radius 3 is 2.52 bits per heavy atom. The zero-order valence-electron chi connectivity index (χ0n) is 25.4. The van der Waals surface area contributed by atoms with E-state index in [2.05, 4.69) is 22.1 Å². The van der Waals surface area contributed by atoms with Crippen molar-refractivity contribution in [3.8, 4) is 0 Å². The van der Waals surface area contributed by atoms with Crippen LogP contribution in [0.25, 0.3) is 10.9 Å². The van der Waals surface area contributed by atoms with E-state index in [0.717, 1.165) is 31.6 Å². The lowest BCUT2D eigenvalue weighted by molar-refractivity contribution is -0.148. The molecule has 2 aromatic rings. The minimum absolute atomic E-state index is 0.0117. The van der Waals surface area contributed by atoms with Gasteiger partial charge in [-0.3, -0.25) is 19.2 Å². The van der Waals surface area contributed by atoms with Crippen LogP contribution in [0, 0.1) is 0 Å². The van der Waals surface area contributed by atoms with Gasteiger partial charge in [0.15, 0.2) is 0 Å². The van der Waals surface area contributed by atoms with E-state index in [-0.39, 0.29) is 35.5 Å². The molecule has 1 aromatic carbocycles. The van der Waals surface area contributed by atoms with Crippen LogP contribution in [0.2, 0.25) is 0 Å². The van der Waals surface area contributed by atoms with Crippen LogP contribution in [-0.2, 0) is 20.0 Å². The number of hydrogen-bond donors (Lipinski definition) is 4. The van der Waals surface area contributed by atoms with Crippen molar-refractivity contribution in [2.75, 3.05) is 46.8 Å². The molecule has 1 aromatic heterocycles. The number of hydrogen-bond acceptors (Lipinski definition) is 7. The fourth-order valence-electron chi connectivity index (χ4n) is 5.90. The zero-order valence-corrected chi connectivity index (χ0v) is 26.3. The molecule has 15 heteroatoms. The van der Waals surface area contributed by atoms with Crippen LogP contribution in [-0.4, -0.2) is 123 Å². The summed E-state index contributed by atoms with van der Waals surface area (Å²) >= 11 is 0. The minimum Gasteiger partial charge on any atom is -0.351 e. The van der Waals surface area contributed by atoms with Crippen molar-refractivity contribution in [2.24, 2.45) is 0 Å². The average Bonchev–Trinajstić information content (AvgIpc) is 3.60. The molecule has 4 amide bonds. The van der Waals surface area contributed by atoms with Crippen molar-refractivity contribution in [1.29, 1.82) is 0 Å². The van der Waals surface area contributed by atoms with E-state index in [1.54, 1.807) is 16.8 Å². The summed E-state index contributed by atoms with van der Waals surface area (Å²) in [5.74, 6) is -1.56. The van der Waals surface area contributed by atoms with Gasteiger partial charge in [-0.2, -0.15) is 8.78 Å². The molecule has 12 nitrogen and oxygen atoms in total. The number of likely N-dealkylation sites (N-methyl/N-ethyl adjacent to an activating group) is 1. The molecule has 2 fully saturated rings. The molecule has 0 radical (unpaired) electrons. The van der Waals surface area contributed by atoms with E-state index in [1.807, 2.05) is 7.05 Å². The number of nitrogens with one attached hydrogen (secondary N) is 2. The van der Waals surface area contributed by atoms with E-state index in [1.165, 1.54) is 24.0 Å². The van der Waals surface area contributed by atoms with Crippen LogP contribution in [0.4, 0.5) is 8.78 Å². The monoisotopic (exact) mass is 638 g/mol. The number of nitrogens with zero attached hydrogens (tertiary/aromatic N) is 4. The molecule has 0 spiro atoms. The van der Waals surface area contributed by atoms with Gasteiger partial charge >= 0.3 is 5.66 Å². The topological polar surface area (TPSA) is 150 Å². The normalized spacial score (nSPS) is 21.0. The third-order valence-corrected chi connectivity index (χ3v) is 9.40. The summed E-state index contributed by atoms with van der Waals surface area (Å²) in [6, 6.07) is 2.63. The first-order valence-corrected chi connectivity index (χ1v) is 16.0. The Morgan fingerprint density at radius 1 is 1.14 bits per heavy atom. The summed E-state index contributed by atoms with van der Waals surface area (Å²) in [4.78, 5) is 81.4. The van der Waals surface area contributed by atoms with Crippen LogP contribution in [0.3, 0.4) is 0 Å². The first-order valence-electron chi connectivity index (χ1n) is 14.8. The lowest BCUT2D eigenvalue weighted by Crippen LogP contribution is -2.61. The molecule has 2 aliphatic rings. The maximum atomic E-state index is 14.2. The number of carbonyl (C=O) groups is 4. The molecule has 0 bridgehead atoms. The fraction of sp³-hybridized carbons (Fsp3) is 0.586. The van der Waals surface area contributed by atoms with Gasteiger partial charge in [-0.25, -0.2) is 0 Å². The largest absolute Gasteiger partial charge is 0.351 e. The Bertz CT molecular complexity index is 1390. The van der Waals surface area contributed by atoms with Crippen LogP contribution in [0.1, 0.15) is 55.6 Å². The second kappa shape index (κ2) is 13.8. The molecule has 4 rings (SSSR count).